The number of fused-ring (bicyclic) bond motifs is 1. The smallest absolute Gasteiger partial charge is 0.339 e. The maximum absolute atomic E-state index is 13.2. The predicted molar refractivity (Wildman–Crippen MR) is 89.6 cm³/mol. The Labute approximate surface area is 141 Å². The first-order chi connectivity index (χ1) is 11.8. The van der Waals surface area contributed by atoms with Gasteiger partial charge in [-0.05, 0) is 30.0 Å². The van der Waals surface area contributed by atoms with E-state index in [0.29, 0.717) is 5.56 Å². The van der Waals surface area contributed by atoms with E-state index >= 15 is 0 Å². The summed E-state index contributed by atoms with van der Waals surface area (Å²) in [6.07, 6.45) is 1.51. The molecular weight excluding hydrogens is 302 g/mol. The Morgan fingerprint density at radius 1 is 0.958 bits per heavy atom. The highest BCUT2D eigenvalue weighted by Crippen LogP contribution is 2.42. The van der Waals surface area contributed by atoms with Crippen molar-refractivity contribution in [3.05, 3.63) is 71.3 Å². The summed E-state index contributed by atoms with van der Waals surface area (Å²) in [5.74, 6) is -0.773. The predicted octanol–water partition coefficient (Wildman–Crippen LogP) is 3.30. The zero-order valence-electron chi connectivity index (χ0n) is 13.4. The molecule has 1 fully saturated rings. The normalized spacial score (nSPS) is 22.8. The molecule has 0 radical (unpaired) electrons. The fraction of sp³-hybridized carbons (Fsp3) is 0.300. The van der Waals surface area contributed by atoms with Gasteiger partial charge in [0.1, 0.15) is 12.0 Å². The van der Waals surface area contributed by atoms with Gasteiger partial charge in [0.2, 0.25) is 5.91 Å². The molecule has 0 N–H and O–H groups in total. The monoisotopic (exact) mass is 321 g/mol. The number of ether oxygens (including phenoxy) is 1. The van der Waals surface area contributed by atoms with Crippen molar-refractivity contribution in [1.29, 1.82) is 0 Å². The lowest BCUT2D eigenvalue weighted by Gasteiger charge is -2.34. The molecule has 0 bridgehead atoms. The van der Waals surface area contributed by atoms with Gasteiger partial charge in [0.15, 0.2) is 0 Å². The van der Waals surface area contributed by atoms with Gasteiger partial charge in [-0.25, -0.2) is 4.79 Å². The summed E-state index contributed by atoms with van der Waals surface area (Å²) in [7, 11) is 0. The lowest BCUT2D eigenvalue weighted by molar-refractivity contribution is -0.135. The van der Waals surface area contributed by atoms with Crippen LogP contribution in [0.25, 0.3) is 0 Å². The molecule has 0 saturated carbocycles. The number of esters is 1. The maximum Gasteiger partial charge on any atom is 0.339 e. The van der Waals surface area contributed by atoms with Crippen molar-refractivity contribution in [2.24, 2.45) is 0 Å². The van der Waals surface area contributed by atoms with Crippen molar-refractivity contribution in [3.63, 3.8) is 0 Å². The Hall–Kier alpha value is -2.62. The number of carbonyl (C=O) groups is 2. The van der Waals surface area contributed by atoms with Gasteiger partial charge in [-0.2, -0.15) is 0 Å². The van der Waals surface area contributed by atoms with Crippen LogP contribution in [0.2, 0.25) is 0 Å². The second-order valence-electron chi connectivity index (χ2n) is 6.33. The molecule has 122 valence electrons. The van der Waals surface area contributed by atoms with Gasteiger partial charge in [-0.15, -0.1) is 0 Å². The zero-order valence-corrected chi connectivity index (χ0v) is 13.4. The Bertz CT molecular complexity index is 765. The quantitative estimate of drug-likeness (QED) is 0.797. The number of carbonyl (C=O) groups excluding carboxylic acids is 2. The van der Waals surface area contributed by atoms with E-state index in [2.05, 4.69) is 0 Å². The van der Waals surface area contributed by atoms with E-state index in [0.717, 1.165) is 37.1 Å². The van der Waals surface area contributed by atoms with E-state index in [1.54, 1.807) is 12.1 Å². The minimum absolute atomic E-state index is 0.0568. The summed E-state index contributed by atoms with van der Waals surface area (Å²) in [4.78, 5) is 27.5. The van der Waals surface area contributed by atoms with E-state index in [4.69, 9.17) is 4.74 Å². The molecule has 24 heavy (non-hydrogen) atoms. The van der Waals surface area contributed by atoms with Crippen molar-refractivity contribution >= 4 is 11.9 Å². The van der Waals surface area contributed by atoms with Crippen molar-refractivity contribution < 1.29 is 14.3 Å². The van der Waals surface area contributed by atoms with Crippen LogP contribution in [0.1, 0.15) is 46.3 Å². The molecule has 0 spiro atoms. The number of amides is 1. The van der Waals surface area contributed by atoms with Gasteiger partial charge in [0.25, 0.3) is 0 Å². The van der Waals surface area contributed by atoms with Crippen LogP contribution in [0.4, 0.5) is 0 Å². The first kappa shape index (κ1) is 14.9. The number of rotatable bonds is 2. The molecular formula is C20H19NO3. The fourth-order valence-corrected chi connectivity index (χ4v) is 3.66. The van der Waals surface area contributed by atoms with Gasteiger partial charge in [-0.1, -0.05) is 48.5 Å². The largest absolute Gasteiger partial charge is 0.453 e. The minimum Gasteiger partial charge on any atom is -0.453 e. The van der Waals surface area contributed by atoms with Gasteiger partial charge < -0.3 is 9.64 Å². The first-order valence-corrected chi connectivity index (χ1v) is 8.39. The molecule has 2 aromatic carbocycles. The number of benzene rings is 2. The van der Waals surface area contributed by atoms with Crippen LogP contribution in [0.3, 0.4) is 0 Å². The third-order valence-corrected chi connectivity index (χ3v) is 4.86. The van der Waals surface area contributed by atoms with E-state index < -0.39 is 12.0 Å². The molecule has 2 heterocycles. The molecule has 2 aliphatic rings. The number of cyclic esters (lactones) is 1. The van der Waals surface area contributed by atoms with Crippen molar-refractivity contribution in [1.82, 2.24) is 4.90 Å². The maximum atomic E-state index is 13.2. The van der Waals surface area contributed by atoms with Crippen LogP contribution in [0.5, 0.6) is 0 Å². The van der Waals surface area contributed by atoms with Gasteiger partial charge in [-0.3, -0.25) is 4.79 Å². The lowest BCUT2D eigenvalue weighted by Crippen LogP contribution is -2.39. The standard InChI is InChI=1S/C20H19NO3/c22-19(21-12-6-7-13-21)17-15-10-4-5-11-16(15)20(23)24-18(17)14-8-2-1-3-9-14/h1-5,8-11,17-18H,6-7,12-13H2/t17-,18+/m0/s1. The summed E-state index contributed by atoms with van der Waals surface area (Å²) >= 11 is 0. The van der Waals surface area contributed by atoms with Crippen LogP contribution in [-0.4, -0.2) is 29.9 Å². The molecule has 0 aliphatic carbocycles. The number of hydrogen-bond acceptors (Lipinski definition) is 3. The van der Waals surface area contributed by atoms with Gasteiger partial charge >= 0.3 is 5.97 Å². The molecule has 0 aromatic heterocycles. The van der Waals surface area contributed by atoms with Gasteiger partial charge in [0, 0.05) is 13.1 Å². The number of nitrogens with zero attached hydrogens (tertiary/aromatic N) is 1. The molecule has 2 aliphatic heterocycles. The molecule has 2 aromatic rings. The summed E-state index contributed by atoms with van der Waals surface area (Å²) in [5, 5.41) is 0. The minimum atomic E-state index is -0.568. The SMILES string of the molecule is O=C1O[C@H](c2ccccc2)[C@@H](C(=O)N2CCCC2)c2ccccc21. The molecule has 1 amide bonds. The summed E-state index contributed by atoms with van der Waals surface area (Å²) in [6, 6.07) is 16.9. The zero-order chi connectivity index (χ0) is 16.5. The van der Waals surface area contributed by atoms with E-state index in [1.807, 2.05) is 47.4 Å². The average molecular weight is 321 g/mol. The third-order valence-electron chi connectivity index (χ3n) is 4.86. The molecule has 1 saturated heterocycles. The van der Waals surface area contributed by atoms with Crippen molar-refractivity contribution in [2.45, 2.75) is 24.9 Å². The summed E-state index contributed by atoms with van der Waals surface area (Å²) in [5.41, 5.74) is 2.14. The second kappa shape index (κ2) is 6.11. The summed E-state index contributed by atoms with van der Waals surface area (Å²) < 4.78 is 5.71. The van der Waals surface area contributed by atoms with E-state index in [-0.39, 0.29) is 11.9 Å². The molecule has 2 atom stereocenters. The Morgan fingerprint density at radius 3 is 2.38 bits per heavy atom. The Morgan fingerprint density at radius 2 is 1.62 bits per heavy atom. The highest BCUT2D eigenvalue weighted by Gasteiger charge is 2.42. The van der Waals surface area contributed by atoms with Crippen LogP contribution in [0, 0.1) is 0 Å². The third kappa shape index (κ3) is 2.48. The topological polar surface area (TPSA) is 46.6 Å². The van der Waals surface area contributed by atoms with Crippen molar-refractivity contribution in [2.75, 3.05) is 13.1 Å². The average Bonchev–Trinajstić information content (AvgIpc) is 3.17. The van der Waals surface area contributed by atoms with E-state index in [1.165, 1.54) is 0 Å². The molecule has 4 heteroatoms. The van der Waals surface area contributed by atoms with Crippen LogP contribution in [0.15, 0.2) is 54.6 Å². The molecule has 0 unspecified atom stereocenters. The molecule has 4 nitrogen and oxygen atoms in total. The number of likely N-dealkylation sites (tertiary alicyclic amines) is 1. The Kier molecular flexibility index (Phi) is 3.81. The lowest BCUT2D eigenvalue weighted by atomic mass is 9.83. The number of hydrogen-bond donors (Lipinski definition) is 0. The van der Waals surface area contributed by atoms with Gasteiger partial charge in [0.05, 0.1) is 5.56 Å². The molecule has 4 rings (SSSR count). The van der Waals surface area contributed by atoms with Crippen LogP contribution in [-0.2, 0) is 9.53 Å². The van der Waals surface area contributed by atoms with E-state index in [9.17, 15) is 9.59 Å². The fourth-order valence-electron chi connectivity index (χ4n) is 3.66. The second-order valence-corrected chi connectivity index (χ2v) is 6.33. The highest BCUT2D eigenvalue weighted by atomic mass is 16.5. The first-order valence-electron chi connectivity index (χ1n) is 8.39. The van der Waals surface area contributed by atoms with Crippen LogP contribution < -0.4 is 0 Å². The van der Waals surface area contributed by atoms with Crippen molar-refractivity contribution in [3.8, 4) is 0 Å². The summed E-state index contributed by atoms with van der Waals surface area (Å²) in [6.45, 7) is 1.57. The van der Waals surface area contributed by atoms with Crippen LogP contribution >= 0.6 is 0 Å². The Balaban J connectivity index is 1.80. The highest BCUT2D eigenvalue weighted by molar-refractivity contribution is 5.97.